The van der Waals surface area contributed by atoms with Gasteiger partial charge in [0.1, 0.15) is 23.3 Å². The van der Waals surface area contributed by atoms with Crippen LogP contribution in [0.4, 0.5) is 17.6 Å². The molecule has 0 aliphatic rings. The Balaban J connectivity index is 1.91. The van der Waals surface area contributed by atoms with E-state index in [1.165, 1.54) is 6.92 Å². The summed E-state index contributed by atoms with van der Waals surface area (Å²) in [6.45, 7) is 5.23. The first-order valence-corrected chi connectivity index (χ1v) is 8.80. The van der Waals surface area contributed by atoms with Crippen molar-refractivity contribution in [1.29, 1.82) is 0 Å². The highest BCUT2D eigenvalue weighted by atomic mass is 19.1. The van der Waals surface area contributed by atoms with Crippen LogP contribution in [-0.4, -0.2) is 0 Å². The van der Waals surface area contributed by atoms with Crippen LogP contribution in [0.2, 0.25) is 0 Å². The van der Waals surface area contributed by atoms with Gasteiger partial charge in [-0.2, -0.15) is 0 Å². The summed E-state index contributed by atoms with van der Waals surface area (Å²) in [5.41, 5.74) is 2.47. The third-order valence-electron chi connectivity index (χ3n) is 4.51. The van der Waals surface area contributed by atoms with E-state index in [1.807, 2.05) is 32.0 Å². The molecule has 0 fully saturated rings. The van der Waals surface area contributed by atoms with Crippen molar-refractivity contribution in [3.63, 3.8) is 0 Å². The molecule has 0 nitrogen and oxygen atoms in total. The van der Waals surface area contributed by atoms with Gasteiger partial charge < -0.3 is 0 Å². The van der Waals surface area contributed by atoms with Gasteiger partial charge in [0.25, 0.3) is 0 Å². The topological polar surface area (TPSA) is 0 Å². The van der Waals surface area contributed by atoms with E-state index < -0.39 is 28.8 Å². The molecule has 0 saturated carbocycles. The second-order valence-electron chi connectivity index (χ2n) is 6.68. The van der Waals surface area contributed by atoms with Crippen LogP contribution in [-0.2, 0) is 0 Å². The minimum atomic E-state index is -0.894. The van der Waals surface area contributed by atoms with Gasteiger partial charge in [0.2, 0.25) is 0 Å². The van der Waals surface area contributed by atoms with Crippen LogP contribution in [0.1, 0.15) is 38.9 Å². The Morgan fingerprint density at radius 2 is 1.00 bits per heavy atom. The number of aryl methyl sites for hydroxylation is 2. The van der Waals surface area contributed by atoms with Crippen molar-refractivity contribution in [3.8, 4) is 23.7 Å². The lowest BCUT2D eigenvalue weighted by atomic mass is 10.1. The molecule has 144 valence electrons. The quantitative estimate of drug-likeness (QED) is 0.327. The first-order valence-electron chi connectivity index (χ1n) is 8.80. The minimum absolute atomic E-state index is 0.0111. The minimum Gasteiger partial charge on any atom is -0.207 e. The average Bonchev–Trinajstić information content (AvgIpc) is 2.66. The van der Waals surface area contributed by atoms with Gasteiger partial charge in [0.05, 0.1) is 5.56 Å². The molecule has 4 heteroatoms. The van der Waals surface area contributed by atoms with Crippen molar-refractivity contribution in [2.45, 2.75) is 20.8 Å². The first kappa shape index (κ1) is 20.2. The summed E-state index contributed by atoms with van der Waals surface area (Å²) in [6.07, 6.45) is 0. The molecular weight excluding hydrogens is 376 g/mol. The molecule has 3 aromatic carbocycles. The van der Waals surface area contributed by atoms with E-state index in [-0.39, 0.29) is 16.7 Å². The van der Waals surface area contributed by atoms with Crippen molar-refractivity contribution in [3.05, 3.63) is 105 Å². The lowest BCUT2D eigenvalue weighted by Crippen LogP contribution is -1.94. The maximum Gasteiger partial charge on any atom is 0.143 e. The molecule has 3 aromatic rings. The van der Waals surface area contributed by atoms with Gasteiger partial charge >= 0.3 is 0 Å². The normalized spacial score (nSPS) is 10.0. The van der Waals surface area contributed by atoms with Crippen LogP contribution in [0.5, 0.6) is 0 Å². The van der Waals surface area contributed by atoms with E-state index in [0.29, 0.717) is 0 Å². The van der Waals surface area contributed by atoms with Crippen molar-refractivity contribution < 1.29 is 17.6 Å². The van der Waals surface area contributed by atoms with Gasteiger partial charge in [-0.05, 0) is 68.3 Å². The van der Waals surface area contributed by atoms with Gasteiger partial charge in [-0.1, -0.05) is 29.7 Å². The number of benzene rings is 3. The van der Waals surface area contributed by atoms with Gasteiger partial charge in [0.15, 0.2) is 0 Å². The lowest BCUT2D eigenvalue weighted by molar-refractivity contribution is 0.567. The molecule has 0 unspecified atom stereocenters. The summed E-state index contributed by atoms with van der Waals surface area (Å²) in [7, 11) is 0. The molecular formula is C25H16F4. The summed E-state index contributed by atoms with van der Waals surface area (Å²) in [4.78, 5) is 0. The standard InChI is InChI=1S/C25H16F4/c1-15-4-5-18(10-16(15)2)6-7-19-13-24(28)21(25(29)14-19)9-8-20-11-22(26)17(3)23(27)12-20/h4-5,10-14H,1-3H3. The Hall–Kier alpha value is -3.50. The van der Waals surface area contributed by atoms with Gasteiger partial charge in [-0.3, -0.25) is 0 Å². The molecule has 0 aliphatic heterocycles. The first-order chi connectivity index (χ1) is 13.7. The molecule has 0 aliphatic carbocycles. The summed E-state index contributed by atoms with van der Waals surface area (Å²) in [5.74, 6) is 6.98. The summed E-state index contributed by atoms with van der Waals surface area (Å²) in [5, 5.41) is 0. The van der Waals surface area contributed by atoms with E-state index in [4.69, 9.17) is 0 Å². The van der Waals surface area contributed by atoms with Gasteiger partial charge in [-0.15, -0.1) is 0 Å². The van der Waals surface area contributed by atoms with Crippen LogP contribution >= 0.6 is 0 Å². The second kappa shape index (κ2) is 8.25. The van der Waals surface area contributed by atoms with Crippen LogP contribution in [0.15, 0.2) is 42.5 Å². The van der Waals surface area contributed by atoms with E-state index in [1.54, 1.807) is 0 Å². The molecule has 0 amide bonds. The second-order valence-corrected chi connectivity index (χ2v) is 6.68. The summed E-state index contributed by atoms with van der Waals surface area (Å²) >= 11 is 0. The SMILES string of the molecule is Cc1ccc(C#Cc2cc(F)c(C#Cc3cc(F)c(C)c(F)c3)c(F)c2)cc1C. The number of hydrogen-bond acceptors (Lipinski definition) is 0. The predicted molar refractivity (Wildman–Crippen MR) is 105 cm³/mol. The zero-order valence-electron chi connectivity index (χ0n) is 16.1. The van der Waals surface area contributed by atoms with Gasteiger partial charge in [-0.25, -0.2) is 17.6 Å². The smallest absolute Gasteiger partial charge is 0.143 e. The molecule has 0 spiro atoms. The van der Waals surface area contributed by atoms with Crippen LogP contribution in [0.3, 0.4) is 0 Å². The molecule has 0 atom stereocenters. The highest BCUT2D eigenvalue weighted by molar-refractivity contribution is 5.50. The van der Waals surface area contributed by atoms with E-state index in [9.17, 15) is 17.6 Å². The zero-order chi connectivity index (χ0) is 21.1. The third-order valence-corrected chi connectivity index (χ3v) is 4.51. The highest BCUT2D eigenvalue weighted by Gasteiger charge is 2.09. The van der Waals surface area contributed by atoms with Gasteiger partial charge in [0, 0.05) is 22.3 Å². The fourth-order valence-electron chi connectivity index (χ4n) is 2.58. The van der Waals surface area contributed by atoms with Crippen molar-refractivity contribution in [2.75, 3.05) is 0 Å². The molecule has 3 rings (SSSR count). The monoisotopic (exact) mass is 392 g/mol. The predicted octanol–water partition coefficient (Wildman–Crippen LogP) is 5.97. The van der Waals surface area contributed by atoms with Crippen LogP contribution in [0, 0.1) is 67.7 Å². The summed E-state index contributed by atoms with van der Waals surface area (Å²) < 4.78 is 55.8. The third kappa shape index (κ3) is 4.68. The number of hydrogen-bond donors (Lipinski definition) is 0. The molecule has 0 aromatic heterocycles. The Bertz CT molecular complexity index is 1190. The largest absolute Gasteiger partial charge is 0.207 e. The number of halogens is 4. The summed E-state index contributed by atoms with van der Waals surface area (Å²) in [6, 6.07) is 9.86. The van der Waals surface area contributed by atoms with E-state index in [2.05, 4.69) is 23.7 Å². The average molecular weight is 392 g/mol. The Kier molecular flexibility index (Phi) is 5.76. The fraction of sp³-hybridized carbons (Fsp3) is 0.120. The van der Waals surface area contributed by atoms with E-state index >= 15 is 0 Å². The number of rotatable bonds is 0. The zero-order valence-corrected chi connectivity index (χ0v) is 16.1. The Morgan fingerprint density at radius 3 is 1.55 bits per heavy atom. The molecule has 0 saturated heterocycles. The molecule has 0 radical (unpaired) electrons. The van der Waals surface area contributed by atoms with Crippen molar-refractivity contribution in [2.24, 2.45) is 0 Å². The fourth-order valence-corrected chi connectivity index (χ4v) is 2.58. The van der Waals surface area contributed by atoms with Crippen molar-refractivity contribution >= 4 is 0 Å². The Morgan fingerprint density at radius 1 is 0.517 bits per heavy atom. The molecule has 0 N–H and O–H groups in total. The lowest BCUT2D eigenvalue weighted by Gasteiger charge is -2.01. The Labute approximate surface area is 167 Å². The molecule has 0 bridgehead atoms. The molecule has 0 heterocycles. The highest BCUT2D eigenvalue weighted by Crippen LogP contribution is 2.17. The van der Waals surface area contributed by atoms with Crippen molar-refractivity contribution in [1.82, 2.24) is 0 Å². The maximum absolute atomic E-state index is 14.3. The molecule has 29 heavy (non-hydrogen) atoms. The van der Waals surface area contributed by atoms with Crippen LogP contribution < -0.4 is 0 Å². The van der Waals surface area contributed by atoms with E-state index in [0.717, 1.165) is 41.0 Å². The van der Waals surface area contributed by atoms with Crippen LogP contribution in [0.25, 0.3) is 0 Å². The maximum atomic E-state index is 14.3.